The van der Waals surface area contributed by atoms with Gasteiger partial charge in [0.25, 0.3) is 0 Å². The van der Waals surface area contributed by atoms with E-state index in [0.717, 1.165) is 24.1 Å². The lowest BCUT2D eigenvalue weighted by Gasteiger charge is -2.15. The Bertz CT molecular complexity index is 630. The number of hydrogen-bond acceptors (Lipinski definition) is 3. The van der Waals surface area contributed by atoms with E-state index >= 15 is 0 Å². The molecule has 3 rings (SSSR count). The summed E-state index contributed by atoms with van der Waals surface area (Å²) < 4.78 is 13.5. The van der Waals surface area contributed by atoms with Crippen molar-refractivity contribution in [3.05, 3.63) is 29.3 Å². The van der Waals surface area contributed by atoms with Crippen LogP contribution in [0.1, 0.15) is 25.1 Å². The van der Waals surface area contributed by atoms with Gasteiger partial charge < -0.3 is 5.32 Å². The van der Waals surface area contributed by atoms with Gasteiger partial charge >= 0.3 is 0 Å². The van der Waals surface area contributed by atoms with Crippen LogP contribution in [0, 0.1) is 11.4 Å². The number of nitrogens with one attached hydrogen (secondary N) is 2. The molecule has 0 radical (unpaired) electrons. The molecule has 2 heterocycles. The number of halogens is 1. The van der Waals surface area contributed by atoms with Crippen molar-refractivity contribution in [2.24, 2.45) is 5.41 Å². The van der Waals surface area contributed by atoms with Crippen molar-refractivity contribution in [3.63, 3.8) is 0 Å². The van der Waals surface area contributed by atoms with Crippen LogP contribution in [0.5, 0.6) is 0 Å². The van der Waals surface area contributed by atoms with E-state index in [9.17, 15) is 4.39 Å². The van der Waals surface area contributed by atoms with Crippen molar-refractivity contribution < 1.29 is 4.39 Å². The van der Waals surface area contributed by atoms with E-state index in [1.54, 1.807) is 7.05 Å². The molecule has 0 saturated carbocycles. The maximum absolute atomic E-state index is 13.5. The minimum Gasteiger partial charge on any atom is -0.373 e. The highest BCUT2D eigenvalue weighted by atomic mass is 19.1. The van der Waals surface area contributed by atoms with Gasteiger partial charge in [-0.05, 0) is 24.3 Å². The van der Waals surface area contributed by atoms with Crippen LogP contribution in [0.25, 0.3) is 11.3 Å². The predicted octanol–water partition coefficient (Wildman–Crippen LogP) is 2.78. The maximum Gasteiger partial charge on any atom is 0.215 e. The fourth-order valence-electron chi connectivity index (χ4n) is 2.76. The molecule has 2 aromatic heterocycles. The highest BCUT2D eigenvalue weighted by Gasteiger charge is 2.32. The molecule has 2 N–H and O–H groups in total. The molecule has 1 aliphatic rings. The summed E-state index contributed by atoms with van der Waals surface area (Å²) in [5.41, 5.74) is 4.24. The van der Waals surface area contributed by atoms with E-state index < -0.39 is 5.95 Å². The highest BCUT2D eigenvalue weighted by molar-refractivity contribution is 5.67. The summed E-state index contributed by atoms with van der Waals surface area (Å²) in [5.74, 6) is 0.0277. The van der Waals surface area contributed by atoms with Crippen molar-refractivity contribution >= 4 is 5.82 Å². The Labute approximate surface area is 111 Å². The van der Waals surface area contributed by atoms with Crippen LogP contribution in [0.15, 0.2) is 12.1 Å². The standard InChI is InChI=1S/C14H17FN4/c1-14(2)6-9-10(7-14)18-19-13(9)8-4-11(15)17-12(5-8)16-3/h4-5H,6-7H2,1-3H3,(H,16,17)(H,18,19). The molecule has 1 aliphatic carbocycles. The minimum atomic E-state index is -0.490. The Hall–Kier alpha value is -1.91. The van der Waals surface area contributed by atoms with Gasteiger partial charge in [0, 0.05) is 29.9 Å². The SMILES string of the molecule is CNc1cc(-c2n[nH]c3c2CC(C)(C)C3)cc(F)n1. The van der Waals surface area contributed by atoms with E-state index in [4.69, 9.17) is 0 Å². The van der Waals surface area contributed by atoms with Gasteiger partial charge in [-0.3, -0.25) is 5.10 Å². The molecule has 0 bridgehead atoms. The molecule has 2 aromatic rings. The lowest BCUT2D eigenvalue weighted by Crippen LogP contribution is -2.11. The number of fused-ring (bicyclic) bond motifs is 1. The Kier molecular flexibility index (Phi) is 2.59. The number of aromatic amines is 1. The maximum atomic E-state index is 13.5. The van der Waals surface area contributed by atoms with Gasteiger partial charge in [-0.15, -0.1) is 0 Å². The number of hydrogen-bond donors (Lipinski definition) is 2. The van der Waals surface area contributed by atoms with Gasteiger partial charge in [-0.25, -0.2) is 4.98 Å². The Morgan fingerprint density at radius 3 is 2.84 bits per heavy atom. The van der Waals surface area contributed by atoms with Crippen LogP contribution in [0.4, 0.5) is 10.2 Å². The molecule has 0 spiro atoms. The number of anilines is 1. The Morgan fingerprint density at radius 1 is 1.32 bits per heavy atom. The van der Waals surface area contributed by atoms with Crippen LogP contribution in [0.2, 0.25) is 0 Å². The summed E-state index contributed by atoms with van der Waals surface area (Å²) in [5, 5.41) is 10.3. The first-order chi connectivity index (χ1) is 8.98. The lowest BCUT2D eigenvalue weighted by molar-refractivity contribution is 0.388. The van der Waals surface area contributed by atoms with Crippen molar-refractivity contribution in [2.75, 3.05) is 12.4 Å². The third kappa shape index (κ3) is 2.09. The summed E-state index contributed by atoms with van der Waals surface area (Å²) in [4.78, 5) is 3.77. The minimum absolute atomic E-state index is 0.246. The Balaban J connectivity index is 2.08. The largest absolute Gasteiger partial charge is 0.373 e. The molecule has 0 amide bonds. The number of rotatable bonds is 2. The third-order valence-electron chi connectivity index (χ3n) is 3.59. The average Bonchev–Trinajstić information content (AvgIpc) is 2.82. The van der Waals surface area contributed by atoms with Crippen LogP contribution < -0.4 is 5.32 Å². The van der Waals surface area contributed by atoms with Gasteiger partial charge in [-0.2, -0.15) is 9.49 Å². The number of H-pyrrole nitrogens is 1. The van der Waals surface area contributed by atoms with E-state index in [1.807, 2.05) is 6.07 Å². The lowest BCUT2D eigenvalue weighted by atomic mass is 9.90. The molecule has 5 heteroatoms. The molecule has 0 aliphatic heterocycles. The molecule has 0 atom stereocenters. The van der Waals surface area contributed by atoms with Crippen molar-refractivity contribution in [3.8, 4) is 11.3 Å². The van der Waals surface area contributed by atoms with Gasteiger partial charge in [0.15, 0.2) is 0 Å². The summed E-state index contributed by atoms with van der Waals surface area (Å²) in [6, 6.07) is 3.26. The van der Waals surface area contributed by atoms with Gasteiger partial charge in [0.2, 0.25) is 5.95 Å². The predicted molar refractivity (Wildman–Crippen MR) is 72.5 cm³/mol. The first kappa shape index (κ1) is 12.1. The molecule has 19 heavy (non-hydrogen) atoms. The fourth-order valence-corrected chi connectivity index (χ4v) is 2.76. The molecule has 0 saturated heterocycles. The second kappa shape index (κ2) is 4.05. The molecule has 0 unspecified atom stereocenters. The van der Waals surface area contributed by atoms with Crippen LogP contribution in [0.3, 0.4) is 0 Å². The Morgan fingerprint density at radius 2 is 2.11 bits per heavy atom. The summed E-state index contributed by atoms with van der Waals surface area (Å²) in [7, 11) is 1.73. The zero-order chi connectivity index (χ0) is 13.6. The molecule has 0 fully saturated rings. The van der Waals surface area contributed by atoms with Crippen LogP contribution >= 0.6 is 0 Å². The summed E-state index contributed by atoms with van der Waals surface area (Å²) >= 11 is 0. The molecular formula is C14H17FN4. The van der Waals surface area contributed by atoms with Crippen molar-refractivity contribution in [2.45, 2.75) is 26.7 Å². The molecule has 4 nitrogen and oxygen atoms in total. The van der Waals surface area contributed by atoms with Crippen molar-refractivity contribution in [1.29, 1.82) is 0 Å². The smallest absolute Gasteiger partial charge is 0.215 e. The zero-order valence-electron chi connectivity index (χ0n) is 11.3. The van der Waals surface area contributed by atoms with Gasteiger partial charge in [0.1, 0.15) is 5.82 Å². The zero-order valence-corrected chi connectivity index (χ0v) is 11.3. The summed E-state index contributed by atoms with van der Waals surface area (Å²) in [6.45, 7) is 4.47. The van der Waals surface area contributed by atoms with E-state index in [2.05, 4.69) is 34.3 Å². The van der Waals surface area contributed by atoms with E-state index in [0.29, 0.717) is 5.82 Å². The first-order valence-electron chi connectivity index (χ1n) is 6.40. The monoisotopic (exact) mass is 260 g/mol. The third-order valence-corrected chi connectivity index (χ3v) is 3.59. The highest BCUT2D eigenvalue weighted by Crippen LogP contribution is 2.39. The normalized spacial score (nSPS) is 16.4. The van der Waals surface area contributed by atoms with Gasteiger partial charge in [0.05, 0.1) is 5.69 Å². The van der Waals surface area contributed by atoms with Crippen LogP contribution in [-0.2, 0) is 12.8 Å². The van der Waals surface area contributed by atoms with Crippen LogP contribution in [-0.4, -0.2) is 22.2 Å². The molecule has 0 aromatic carbocycles. The quantitative estimate of drug-likeness (QED) is 0.816. The van der Waals surface area contributed by atoms with Gasteiger partial charge in [-0.1, -0.05) is 13.8 Å². The topological polar surface area (TPSA) is 53.6 Å². The fraction of sp³-hybridized carbons (Fsp3) is 0.429. The average molecular weight is 260 g/mol. The van der Waals surface area contributed by atoms with E-state index in [1.165, 1.54) is 17.3 Å². The molecular weight excluding hydrogens is 243 g/mol. The molecule has 100 valence electrons. The van der Waals surface area contributed by atoms with E-state index in [-0.39, 0.29) is 5.41 Å². The second-order valence-corrected chi connectivity index (χ2v) is 5.86. The number of nitrogens with zero attached hydrogens (tertiary/aromatic N) is 2. The number of aromatic nitrogens is 3. The first-order valence-corrected chi connectivity index (χ1v) is 6.40. The van der Waals surface area contributed by atoms with Crippen molar-refractivity contribution in [1.82, 2.24) is 15.2 Å². The summed E-state index contributed by atoms with van der Waals surface area (Å²) in [6.07, 6.45) is 1.95. The number of pyridine rings is 1. The second-order valence-electron chi connectivity index (χ2n) is 5.86.